The third kappa shape index (κ3) is 3.92. The maximum absolute atomic E-state index is 9.61. The van der Waals surface area contributed by atoms with Crippen LogP contribution in [0.25, 0.3) is 0 Å². The van der Waals surface area contributed by atoms with Crippen LogP contribution in [-0.4, -0.2) is 10.2 Å². The second-order valence-electron chi connectivity index (χ2n) is 3.93. The highest BCUT2D eigenvalue weighted by Crippen LogP contribution is 2.21. The second-order valence-corrected chi connectivity index (χ2v) is 3.93. The highest BCUT2D eigenvalue weighted by molar-refractivity contribution is 5.35. The monoisotopic (exact) mass is 208 g/mol. The van der Waals surface area contributed by atoms with Crippen LogP contribution in [0.5, 0.6) is 5.75 Å². The Bertz CT molecular complexity index is 295. The number of unbranched alkanes of at least 4 members (excludes halogenated alkanes) is 3. The number of benzene rings is 1. The van der Waals surface area contributed by atoms with E-state index in [0.29, 0.717) is 5.75 Å². The molecule has 0 unspecified atom stereocenters. The minimum Gasteiger partial charge on any atom is -0.508 e. The number of hydrogen-bond donors (Lipinski definition) is 2. The molecular weight excluding hydrogens is 188 g/mol. The Hall–Kier alpha value is -1.02. The van der Waals surface area contributed by atoms with E-state index in [1.54, 1.807) is 12.1 Å². The molecule has 0 spiro atoms. The van der Waals surface area contributed by atoms with E-state index in [0.717, 1.165) is 24.0 Å². The van der Waals surface area contributed by atoms with Crippen LogP contribution < -0.4 is 0 Å². The topological polar surface area (TPSA) is 40.5 Å². The van der Waals surface area contributed by atoms with Gasteiger partial charge in [-0.2, -0.15) is 0 Å². The van der Waals surface area contributed by atoms with Crippen LogP contribution in [0, 0.1) is 0 Å². The molecule has 15 heavy (non-hydrogen) atoms. The van der Waals surface area contributed by atoms with Crippen LogP contribution in [-0.2, 0) is 13.0 Å². The molecule has 2 heteroatoms. The van der Waals surface area contributed by atoms with Crippen molar-refractivity contribution in [1.29, 1.82) is 0 Å². The number of aliphatic hydroxyl groups is 1. The van der Waals surface area contributed by atoms with Gasteiger partial charge in [-0.05, 0) is 36.1 Å². The van der Waals surface area contributed by atoms with Gasteiger partial charge in [-0.3, -0.25) is 0 Å². The molecular formula is C13H20O2. The lowest BCUT2D eigenvalue weighted by Gasteiger charge is -2.06. The summed E-state index contributed by atoms with van der Waals surface area (Å²) in [5.74, 6) is 0.351. The van der Waals surface area contributed by atoms with E-state index in [1.807, 2.05) is 6.07 Å². The van der Waals surface area contributed by atoms with Crippen LogP contribution in [0.2, 0.25) is 0 Å². The Balaban J connectivity index is 2.51. The average molecular weight is 208 g/mol. The molecule has 1 rings (SSSR count). The molecule has 0 aliphatic carbocycles. The van der Waals surface area contributed by atoms with E-state index < -0.39 is 0 Å². The van der Waals surface area contributed by atoms with Crippen LogP contribution in [0.4, 0.5) is 0 Å². The molecule has 0 amide bonds. The standard InChI is InChI=1S/C13H20O2/c1-2-3-4-5-6-12-9-11(10-14)7-8-13(12)15/h7-9,14-15H,2-6,10H2,1H3. The Morgan fingerprint density at radius 1 is 1.13 bits per heavy atom. The van der Waals surface area contributed by atoms with Crippen molar-refractivity contribution in [3.05, 3.63) is 29.3 Å². The van der Waals surface area contributed by atoms with Crippen molar-refractivity contribution in [2.75, 3.05) is 0 Å². The Labute approximate surface area is 91.6 Å². The van der Waals surface area contributed by atoms with Crippen LogP contribution in [0.15, 0.2) is 18.2 Å². The third-order valence-corrected chi connectivity index (χ3v) is 2.63. The molecule has 0 bridgehead atoms. The summed E-state index contributed by atoms with van der Waals surface area (Å²) < 4.78 is 0. The number of phenolic OH excluding ortho intramolecular Hbond substituents is 1. The zero-order valence-corrected chi connectivity index (χ0v) is 9.37. The van der Waals surface area contributed by atoms with Gasteiger partial charge in [0.05, 0.1) is 6.61 Å². The smallest absolute Gasteiger partial charge is 0.118 e. The maximum Gasteiger partial charge on any atom is 0.118 e. The van der Waals surface area contributed by atoms with Crippen LogP contribution >= 0.6 is 0 Å². The second kappa shape index (κ2) is 6.46. The zero-order valence-electron chi connectivity index (χ0n) is 9.37. The third-order valence-electron chi connectivity index (χ3n) is 2.63. The first-order chi connectivity index (χ1) is 7.27. The molecule has 0 aromatic heterocycles. The average Bonchev–Trinajstić information content (AvgIpc) is 2.26. The SMILES string of the molecule is CCCCCCc1cc(CO)ccc1O. The fraction of sp³-hybridized carbons (Fsp3) is 0.538. The lowest BCUT2D eigenvalue weighted by molar-refractivity contribution is 0.281. The fourth-order valence-corrected chi connectivity index (χ4v) is 1.68. The number of phenols is 1. The molecule has 1 aromatic rings. The molecule has 0 saturated heterocycles. The van der Waals surface area contributed by atoms with E-state index in [1.165, 1.54) is 19.3 Å². The van der Waals surface area contributed by atoms with Gasteiger partial charge in [-0.15, -0.1) is 0 Å². The molecule has 84 valence electrons. The van der Waals surface area contributed by atoms with Gasteiger partial charge in [0.25, 0.3) is 0 Å². The van der Waals surface area contributed by atoms with Gasteiger partial charge < -0.3 is 10.2 Å². The van der Waals surface area contributed by atoms with Crippen molar-refractivity contribution in [3.8, 4) is 5.75 Å². The fourth-order valence-electron chi connectivity index (χ4n) is 1.68. The van der Waals surface area contributed by atoms with E-state index in [4.69, 9.17) is 5.11 Å². The van der Waals surface area contributed by atoms with Gasteiger partial charge in [0, 0.05) is 0 Å². The summed E-state index contributed by atoms with van der Waals surface area (Å²) in [6.45, 7) is 2.23. The number of aryl methyl sites for hydroxylation is 1. The van der Waals surface area contributed by atoms with E-state index in [-0.39, 0.29) is 6.61 Å². The van der Waals surface area contributed by atoms with Gasteiger partial charge in [0.1, 0.15) is 5.75 Å². The van der Waals surface area contributed by atoms with Crippen molar-refractivity contribution in [3.63, 3.8) is 0 Å². The number of aromatic hydroxyl groups is 1. The number of rotatable bonds is 6. The first kappa shape index (κ1) is 12.1. The molecule has 0 aliphatic rings. The molecule has 0 atom stereocenters. The highest BCUT2D eigenvalue weighted by atomic mass is 16.3. The lowest BCUT2D eigenvalue weighted by atomic mass is 10.0. The summed E-state index contributed by atoms with van der Waals surface area (Å²) in [6, 6.07) is 5.31. The van der Waals surface area contributed by atoms with Crippen molar-refractivity contribution in [2.45, 2.75) is 45.6 Å². The summed E-state index contributed by atoms with van der Waals surface area (Å²) in [5.41, 5.74) is 1.83. The van der Waals surface area contributed by atoms with Crippen molar-refractivity contribution in [1.82, 2.24) is 0 Å². The van der Waals surface area contributed by atoms with Gasteiger partial charge >= 0.3 is 0 Å². The molecule has 0 saturated carbocycles. The molecule has 0 radical (unpaired) electrons. The first-order valence-electron chi connectivity index (χ1n) is 5.69. The van der Waals surface area contributed by atoms with E-state index >= 15 is 0 Å². The summed E-state index contributed by atoms with van der Waals surface area (Å²) in [7, 11) is 0. The van der Waals surface area contributed by atoms with Gasteiger partial charge in [0.15, 0.2) is 0 Å². The summed E-state index contributed by atoms with van der Waals surface area (Å²) >= 11 is 0. The van der Waals surface area contributed by atoms with Crippen molar-refractivity contribution >= 4 is 0 Å². The molecule has 2 N–H and O–H groups in total. The van der Waals surface area contributed by atoms with E-state index in [2.05, 4.69) is 6.92 Å². The quantitative estimate of drug-likeness (QED) is 0.705. The van der Waals surface area contributed by atoms with Crippen molar-refractivity contribution in [2.24, 2.45) is 0 Å². The maximum atomic E-state index is 9.61. The minimum atomic E-state index is 0.0439. The summed E-state index contributed by atoms with van der Waals surface area (Å²) in [4.78, 5) is 0. The largest absolute Gasteiger partial charge is 0.508 e. The molecule has 0 fully saturated rings. The lowest BCUT2D eigenvalue weighted by Crippen LogP contribution is -1.90. The molecule has 2 nitrogen and oxygen atoms in total. The molecule has 1 aromatic carbocycles. The summed E-state index contributed by atoms with van der Waals surface area (Å²) in [6.07, 6.45) is 5.69. The van der Waals surface area contributed by atoms with Crippen LogP contribution in [0.1, 0.15) is 43.7 Å². The molecule has 0 aliphatic heterocycles. The summed E-state index contributed by atoms with van der Waals surface area (Å²) in [5, 5.41) is 18.6. The Morgan fingerprint density at radius 2 is 1.93 bits per heavy atom. The number of hydrogen-bond acceptors (Lipinski definition) is 2. The molecule has 0 heterocycles. The Kier molecular flexibility index (Phi) is 5.19. The zero-order chi connectivity index (χ0) is 11.1. The predicted molar refractivity (Wildman–Crippen MR) is 61.9 cm³/mol. The van der Waals surface area contributed by atoms with Gasteiger partial charge in [-0.1, -0.05) is 32.3 Å². The van der Waals surface area contributed by atoms with Crippen molar-refractivity contribution < 1.29 is 10.2 Å². The number of aliphatic hydroxyl groups excluding tert-OH is 1. The van der Waals surface area contributed by atoms with Crippen LogP contribution in [0.3, 0.4) is 0 Å². The van der Waals surface area contributed by atoms with Gasteiger partial charge in [0.2, 0.25) is 0 Å². The normalized spacial score (nSPS) is 10.5. The minimum absolute atomic E-state index is 0.0439. The van der Waals surface area contributed by atoms with E-state index in [9.17, 15) is 5.11 Å². The highest BCUT2D eigenvalue weighted by Gasteiger charge is 2.02. The van der Waals surface area contributed by atoms with Gasteiger partial charge in [-0.25, -0.2) is 0 Å². The first-order valence-corrected chi connectivity index (χ1v) is 5.69. The predicted octanol–water partition coefficient (Wildman–Crippen LogP) is 3.01. The Morgan fingerprint density at radius 3 is 2.60 bits per heavy atom.